The Kier molecular flexibility index (Phi) is 5.88. The van der Waals surface area contributed by atoms with Gasteiger partial charge in [0.1, 0.15) is 5.75 Å². The number of hydrogen-bond donors (Lipinski definition) is 1. The van der Waals surface area contributed by atoms with Gasteiger partial charge in [0.25, 0.3) is 5.56 Å². The number of ketones is 1. The summed E-state index contributed by atoms with van der Waals surface area (Å²) in [5, 5.41) is 4.48. The molecular weight excluding hydrogens is 368 g/mol. The molecule has 1 N–H and O–H groups in total. The van der Waals surface area contributed by atoms with Crippen LogP contribution in [0, 0.1) is 13.8 Å². The molecule has 0 radical (unpaired) electrons. The van der Waals surface area contributed by atoms with Gasteiger partial charge < -0.3 is 14.6 Å². The normalized spacial score (nSPS) is 12.5. The van der Waals surface area contributed by atoms with Crippen molar-refractivity contribution >= 4 is 11.3 Å². The maximum Gasteiger partial charge on any atom is 0.255 e. The fourth-order valence-electron chi connectivity index (χ4n) is 3.79. The van der Waals surface area contributed by atoms with Crippen LogP contribution in [-0.2, 0) is 6.42 Å². The molecule has 0 aromatic carbocycles. The van der Waals surface area contributed by atoms with Crippen LogP contribution in [-0.4, -0.2) is 46.5 Å². The third-order valence-electron chi connectivity index (χ3n) is 5.49. The predicted octanol–water partition coefficient (Wildman–Crippen LogP) is 3.09. The fraction of sp³-hybridized carbons (Fsp3) is 0.409. The summed E-state index contributed by atoms with van der Waals surface area (Å²) in [7, 11) is 5.54. The Morgan fingerprint density at radius 1 is 1.34 bits per heavy atom. The van der Waals surface area contributed by atoms with Crippen LogP contribution in [0.2, 0.25) is 0 Å². The largest absolute Gasteiger partial charge is 0.496 e. The van der Waals surface area contributed by atoms with E-state index in [-0.39, 0.29) is 23.8 Å². The molecule has 3 heterocycles. The van der Waals surface area contributed by atoms with Crippen LogP contribution in [0.1, 0.15) is 52.3 Å². The minimum atomic E-state index is -0.211. The Balaban J connectivity index is 1.99. The summed E-state index contributed by atoms with van der Waals surface area (Å²) in [5.74, 6) is 0.508. The lowest BCUT2D eigenvalue weighted by molar-refractivity contribution is 0.0983. The first-order valence-electron chi connectivity index (χ1n) is 9.68. The highest BCUT2D eigenvalue weighted by atomic mass is 16.5. The number of aromatic amines is 1. The van der Waals surface area contributed by atoms with E-state index in [1.54, 1.807) is 19.2 Å². The molecule has 3 aromatic heterocycles. The number of nitrogens with one attached hydrogen (secondary N) is 1. The Hall–Kier alpha value is -2.93. The molecule has 7 heteroatoms. The standard InChI is InChI=1S/C22H28N4O3/c1-13-12-19(29-6)16(22(28)24-13)9-10-18(27)20-14(2)21(15(3)25(4)5)26-17(20)8-7-11-23-26/h7-8,11-12,15H,9-10H2,1-6H3,(H,24,28). The molecule has 0 aliphatic heterocycles. The number of aryl methyl sites for hydroxylation is 1. The van der Waals surface area contributed by atoms with Crippen LogP contribution in [0.4, 0.5) is 0 Å². The van der Waals surface area contributed by atoms with Crippen molar-refractivity contribution < 1.29 is 9.53 Å². The number of H-pyrrole nitrogens is 1. The molecule has 1 atom stereocenters. The topological polar surface area (TPSA) is 79.7 Å². The number of rotatable bonds is 7. The molecule has 0 amide bonds. The number of pyridine rings is 1. The Morgan fingerprint density at radius 2 is 2.07 bits per heavy atom. The van der Waals surface area contributed by atoms with E-state index in [0.29, 0.717) is 23.3 Å². The van der Waals surface area contributed by atoms with E-state index in [4.69, 9.17) is 4.74 Å². The van der Waals surface area contributed by atoms with Crippen molar-refractivity contribution in [1.82, 2.24) is 19.5 Å². The van der Waals surface area contributed by atoms with Gasteiger partial charge in [-0.25, -0.2) is 4.52 Å². The second-order valence-corrected chi connectivity index (χ2v) is 7.60. The van der Waals surface area contributed by atoms with Crippen LogP contribution in [0.25, 0.3) is 5.52 Å². The van der Waals surface area contributed by atoms with E-state index in [1.807, 2.05) is 37.7 Å². The van der Waals surface area contributed by atoms with Gasteiger partial charge in [-0.15, -0.1) is 0 Å². The molecule has 0 saturated heterocycles. The summed E-state index contributed by atoms with van der Waals surface area (Å²) in [6.45, 7) is 5.86. The predicted molar refractivity (Wildman–Crippen MR) is 113 cm³/mol. The van der Waals surface area contributed by atoms with Crippen molar-refractivity contribution in [3.63, 3.8) is 0 Å². The molecule has 0 saturated carbocycles. The Labute approximate surface area is 170 Å². The summed E-state index contributed by atoms with van der Waals surface area (Å²) in [6.07, 6.45) is 2.25. The van der Waals surface area contributed by atoms with Crippen LogP contribution in [0.15, 0.2) is 29.2 Å². The van der Waals surface area contributed by atoms with Gasteiger partial charge in [-0.05, 0) is 65.0 Å². The Bertz CT molecular complexity index is 1110. The number of nitrogens with zero attached hydrogens (tertiary/aromatic N) is 3. The second kappa shape index (κ2) is 8.21. The minimum absolute atomic E-state index is 0.00719. The number of methoxy groups -OCH3 is 1. The molecule has 3 aromatic rings. The zero-order chi connectivity index (χ0) is 21.3. The van der Waals surface area contributed by atoms with E-state index >= 15 is 0 Å². The number of carbonyl (C=O) groups is 1. The lowest BCUT2D eigenvalue weighted by Gasteiger charge is -2.20. The highest BCUT2D eigenvalue weighted by molar-refractivity contribution is 6.04. The third-order valence-corrected chi connectivity index (χ3v) is 5.49. The summed E-state index contributed by atoms with van der Waals surface area (Å²) >= 11 is 0. The summed E-state index contributed by atoms with van der Waals surface area (Å²) in [5.41, 5.74) is 4.40. The van der Waals surface area contributed by atoms with Gasteiger partial charge in [-0.3, -0.25) is 9.59 Å². The molecule has 0 fully saturated rings. The van der Waals surface area contributed by atoms with Gasteiger partial charge in [-0.1, -0.05) is 0 Å². The molecule has 3 rings (SSSR count). The van der Waals surface area contributed by atoms with Gasteiger partial charge in [0.2, 0.25) is 0 Å². The number of aromatic nitrogens is 3. The zero-order valence-electron chi connectivity index (χ0n) is 17.9. The van der Waals surface area contributed by atoms with Gasteiger partial charge in [0.05, 0.1) is 23.9 Å². The fourth-order valence-corrected chi connectivity index (χ4v) is 3.79. The van der Waals surface area contributed by atoms with Crippen LogP contribution in [0.5, 0.6) is 5.75 Å². The average Bonchev–Trinajstić information content (AvgIpc) is 2.97. The van der Waals surface area contributed by atoms with Crippen molar-refractivity contribution in [2.45, 2.75) is 39.7 Å². The highest BCUT2D eigenvalue weighted by Crippen LogP contribution is 2.30. The molecule has 0 bridgehead atoms. The van der Waals surface area contributed by atoms with E-state index in [1.165, 1.54) is 7.11 Å². The summed E-state index contributed by atoms with van der Waals surface area (Å²) in [6, 6.07) is 5.63. The first-order valence-corrected chi connectivity index (χ1v) is 9.68. The van der Waals surface area contributed by atoms with Crippen molar-refractivity contribution in [3.05, 3.63) is 62.8 Å². The van der Waals surface area contributed by atoms with Gasteiger partial charge in [-0.2, -0.15) is 5.10 Å². The minimum Gasteiger partial charge on any atom is -0.496 e. The van der Waals surface area contributed by atoms with Crippen molar-refractivity contribution in [2.24, 2.45) is 0 Å². The summed E-state index contributed by atoms with van der Waals surface area (Å²) < 4.78 is 7.20. The SMILES string of the molecule is COc1cc(C)[nH]c(=O)c1CCC(=O)c1c(C)c(C(C)N(C)C)n2ncccc12. The van der Waals surface area contributed by atoms with E-state index < -0.39 is 0 Å². The smallest absolute Gasteiger partial charge is 0.255 e. The second-order valence-electron chi connectivity index (χ2n) is 7.60. The number of hydrogen-bond acceptors (Lipinski definition) is 5. The lowest BCUT2D eigenvalue weighted by Crippen LogP contribution is -2.19. The highest BCUT2D eigenvalue weighted by Gasteiger charge is 2.25. The van der Waals surface area contributed by atoms with Crippen LogP contribution >= 0.6 is 0 Å². The molecule has 0 aliphatic carbocycles. The van der Waals surface area contributed by atoms with E-state index in [0.717, 1.165) is 22.5 Å². The number of ether oxygens (including phenoxy) is 1. The molecule has 0 aliphatic rings. The maximum atomic E-state index is 13.2. The lowest BCUT2D eigenvalue weighted by atomic mass is 9.99. The number of Topliss-reactive ketones (excluding diaryl/α,β-unsaturated/α-hetero) is 1. The Morgan fingerprint density at radius 3 is 2.72 bits per heavy atom. The maximum absolute atomic E-state index is 13.2. The number of carbonyl (C=O) groups excluding carboxylic acids is 1. The first-order chi connectivity index (χ1) is 13.8. The number of fused-ring (bicyclic) bond motifs is 1. The van der Waals surface area contributed by atoms with E-state index in [9.17, 15) is 9.59 Å². The van der Waals surface area contributed by atoms with Gasteiger partial charge in [0.15, 0.2) is 5.78 Å². The molecular formula is C22H28N4O3. The first kappa shape index (κ1) is 20.8. The molecule has 1 unspecified atom stereocenters. The third kappa shape index (κ3) is 3.82. The van der Waals surface area contributed by atoms with Crippen LogP contribution < -0.4 is 10.3 Å². The van der Waals surface area contributed by atoms with Crippen LogP contribution in [0.3, 0.4) is 0 Å². The molecule has 0 spiro atoms. The molecule has 29 heavy (non-hydrogen) atoms. The van der Waals surface area contributed by atoms with Crippen molar-refractivity contribution in [3.8, 4) is 5.75 Å². The summed E-state index contributed by atoms with van der Waals surface area (Å²) in [4.78, 5) is 30.5. The van der Waals surface area contributed by atoms with Crippen molar-refractivity contribution in [2.75, 3.05) is 21.2 Å². The quantitative estimate of drug-likeness (QED) is 0.621. The van der Waals surface area contributed by atoms with Gasteiger partial charge in [0, 0.05) is 29.9 Å². The molecule has 7 nitrogen and oxygen atoms in total. The molecule has 154 valence electrons. The van der Waals surface area contributed by atoms with E-state index in [2.05, 4.69) is 21.9 Å². The zero-order valence-corrected chi connectivity index (χ0v) is 17.9. The van der Waals surface area contributed by atoms with Gasteiger partial charge >= 0.3 is 0 Å². The van der Waals surface area contributed by atoms with Crippen molar-refractivity contribution in [1.29, 1.82) is 0 Å². The monoisotopic (exact) mass is 396 g/mol. The average molecular weight is 396 g/mol.